The van der Waals surface area contributed by atoms with Gasteiger partial charge in [0.2, 0.25) is 0 Å². The third-order valence-corrected chi connectivity index (χ3v) is 9.60. The summed E-state index contributed by atoms with van der Waals surface area (Å²) in [6.45, 7) is 12.2. The van der Waals surface area contributed by atoms with E-state index in [9.17, 15) is 14.4 Å². The van der Waals surface area contributed by atoms with Crippen LogP contribution in [0, 0.1) is 17.8 Å². The second-order valence-corrected chi connectivity index (χ2v) is 13.7. The highest BCUT2D eigenvalue weighted by Gasteiger charge is 2.72. The Labute approximate surface area is 264 Å². The molecule has 0 aromatic carbocycles. The molecule has 0 bridgehead atoms. The van der Waals surface area contributed by atoms with Gasteiger partial charge in [-0.2, -0.15) is 0 Å². The monoisotopic (exact) mass is 622 g/mol. The molecule has 2 N–H and O–H groups in total. The lowest BCUT2D eigenvalue weighted by atomic mass is 9.68. The molecule has 1 spiro atoms. The number of allylic oxidation sites excluding steroid dienone is 1. The first kappa shape index (κ1) is 36.5. The van der Waals surface area contributed by atoms with Crippen LogP contribution in [0.3, 0.4) is 0 Å². The summed E-state index contributed by atoms with van der Waals surface area (Å²) in [6, 6.07) is 0. The van der Waals surface area contributed by atoms with Crippen LogP contribution in [-0.2, 0) is 33.3 Å². The minimum Gasteiger partial charge on any atom is -0.460 e. The second kappa shape index (κ2) is 17.1. The smallest absolute Gasteiger partial charge is 0.407 e. The quantitative estimate of drug-likeness (QED) is 0.0823. The fraction of sp³-hybridized carbons (Fsp3) is 0.853. The van der Waals surface area contributed by atoms with Gasteiger partial charge in [-0.15, -0.1) is 0 Å². The lowest BCUT2D eigenvalue weighted by Crippen LogP contribution is -2.55. The molecule has 0 aromatic rings. The van der Waals surface area contributed by atoms with Crippen molar-refractivity contribution in [1.82, 2.24) is 10.6 Å². The van der Waals surface area contributed by atoms with Crippen LogP contribution in [-0.4, -0.2) is 87.8 Å². The molecule has 10 heteroatoms. The lowest BCUT2D eigenvalue weighted by molar-refractivity contribution is -0.173. The summed E-state index contributed by atoms with van der Waals surface area (Å²) in [6.07, 6.45) is 9.01. The summed E-state index contributed by atoms with van der Waals surface area (Å²) in [7, 11) is 3.46. The van der Waals surface area contributed by atoms with Crippen molar-refractivity contribution in [3.8, 4) is 0 Å². The van der Waals surface area contributed by atoms with Crippen molar-refractivity contribution in [2.75, 3.05) is 40.5 Å². The number of Topliss-reactive ketones (excluding diaryl/α,β-unsaturated/α-hetero) is 1. The average Bonchev–Trinajstić information content (AvgIpc) is 3.88. The van der Waals surface area contributed by atoms with E-state index in [1.54, 1.807) is 14.2 Å². The number of nitrogens with one attached hydrogen (secondary N) is 2. The zero-order valence-corrected chi connectivity index (χ0v) is 28.2. The number of likely N-dealkylation sites (N-methyl/N-ethyl adjacent to an activating group) is 1. The van der Waals surface area contributed by atoms with E-state index in [-0.39, 0.29) is 72.0 Å². The molecule has 44 heavy (non-hydrogen) atoms. The van der Waals surface area contributed by atoms with Crippen molar-refractivity contribution in [3.63, 3.8) is 0 Å². The van der Waals surface area contributed by atoms with Gasteiger partial charge in [-0.3, -0.25) is 9.59 Å². The molecular weight excluding hydrogens is 564 g/mol. The molecule has 3 aliphatic rings. The molecule has 2 heterocycles. The van der Waals surface area contributed by atoms with Crippen LogP contribution in [0.25, 0.3) is 0 Å². The van der Waals surface area contributed by atoms with Gasteiger partial charge in [-0.1, -0.05) is 44.8 Å². The minimum absolute atomic E-state index is 0.0254. The van der Waals surface area contributed by atoms with Crippen molar-refractivity contribution >= 4 is 17.8 Å². The molecule has 3 rings (SSSR count). The second-order valence-electron chi connectivity index (χ2n) is 13.7. The van der Waals surface area contributed by atoms with Crippen LogP contribution >= 0.6 is 0 Å². The summed E-state index contributed by atoms with van der Waals surface area (Å²) >= 11 is 0. The number of methoxy groups -OCH3 is 1. The summed E-state index contributed by atoms with van der Waals surface area (Å²) in [5.74, 6) is -0.111. The third kappa shape index (κ3) is 10.5. The number of amides is 1. The van der Waals surface area contributed by atoms with E-state index in [1.165, 1.54) is 5.57 Å². The molecule has 10 nitrogen and oxygen atoms in total. The Morgan fingerprint density at radius 1 is 1.09 bits per heavy atom. The molecule has 1 saturated carbocycles. The highest BCUT2D eigenvalue weighted by molar-refractivity contribution is 5.80. The van der Waals surface area contributed by atoms with Crippen molar-refractivity contribution in [3.05, 3.63) is 11.6 Å². The fourth-order valence-corrected chi connectivity index (χ4v) is 6.68. The topological polar surface area (TPSA) is 128 Å². The predicted octanol–water partition coefficient (Wildman–Crippen LogP) is 5.12. The average molecular weight is 623 g/mol. The highest BCUT2D eigenvalue weighted by atomic mass is 16.6. The van der Waals surface area contributed by atoms with Crippen molar-refractivity contribution in [1.29, 1.82) is 0 Å². The molecule has 252 valence electrons. The zero-order chi connectivity index (χ0) is 32.3. The highest BCUT2D eigenvalue weighted by Crippen LogP contribution is 2.59. The Morgan fingerprint density at radius 2 is 1.80 bits per heavy atom. The number of epoxide rings is 2. The number of hydrogen-bond acceptors (Lipinski definition) is 9. The number of esters is 1. The van der Waals surface area contributed by atoms with Crippen LogP contribution in [0.4, 0.5) is 4.79 Å². The molecule has 0 radical (unpaired) electrons. The molecule has 0 aromatic heterocycles. The van der Waals surface area contributed by atoms with E-state index in [0.29, 0.717) is 32.5 Å². The van der Waals surface area contributed by atoms with Crippen LogP contribution in [0.15, 0.2) is 11.6 Å². The fourth-order valence-electron chi connectivity index (χ4n) is 6.68. The third-order valence-electron chi connectivity index (χ3n) is 9.60. The Hall–Kier alpha value is -2.01. The Bertz CT molecular complexity index is 976. The van der Waals surface area contributed by atoms with E-state index in [2.05, 4.69) is 37.5 Å². The summed E-state index contributed by atoms with van der Waals surface area (Å²) in [5, 5.41) is 5.69. The molecule has 2 aliphatic heterocycles. The van der Waals surface area contributed by atoms with E-state index in [0.717, 1.165) is 44.9 Å². The van der Waals surface area contributed by atoms with E-state index >= 15 is 0 Å². The van der Waals surface area contributed by atoms with Gasteiger partial charge < -0.3 is 34.3 Å². The van der Waals surface area contributed by atoms with Gasteiger partial charge in [0.25, 0.3) is 0 Å². The number of rotatable bonds is 20. The first-order valence-corrected chi connectivity index (χ1v) is 16.7. The van der Waals surface area contributed by atoms with E-state index < -0.39 is 6.09 Å². The summed E-state index contributed by atoms with van der Waals surface area (Å²) < 4.78 is 29.8. The van der Waals surface area contributed by atoms with Crippen LogP contribution < -0.4 is 10.6 Å². The first-order chi connectivity index (χ1) is 21.0. The lowest BCUT2D eigenvalue weighted by Gasteiger charge is -2.42. The van der Waals surface area contributed by atoms with Crippen molar-refractivity contribution in [2.24, 2.45) is 17.8 Å². The Kier molecular flexibility index (Phi) is 14.1. The number of carbonyl (C=O) groups is 3. The Morgan fingerprint density at radius 3 is 2.43 bits per heavy atom. The van der Waals surface area contributed by atoms with Gasteiger partial charge in [0.05, 0.1) is 38.2 Å². The zero-order valence-electron chi connectivity index (χ0n) is 28.2. The maximum atomic E-state index is 13.2. The van der Waals surface area contributed by atoms with E-state index in [4.69, 9.17) is 23.7 Å². The van der Waals surface area contributed by atoms with Crippen molar-refractivity contribution in [2.45, 2.75) is 128 Å². The number of carbonyl (C=O) groups excluding carboxylic acids is 3. The maximum absolute atomic E-state index is 13.2. The predicted molar refractivity (Wildman–Crippen MR) is 168 cm³/mol. The molecule has 1 amide bonds. The van der Waals surface area contributed by atoms with Crippen LogP contribution in [0.2, 0.25) is 0 Å². The Balaban J connectivity index is 1.40. The number of unbranched alkanes of at least 4 members (excludes halogenated alkanes) is 4. The molecule has 3 fully saturated rings. The molecule has 2 saturated heterocycles. The van der Waals surface area contributed by atoms with E-state index in [1.807, 2.05) is 13.8 Å². The maximum Gasteiger partial charge on any atom is 0.407 e. The van der Waals surface area contributed by atoms with Gasteiger partial charge in [0.1, 0.15) is 29.2 Å². The molecule has 4 unspecified atom stereocenters. The minimum atomic E-state index is -0.466. The molecular formula is C34H58N2O8. The largest absolute Gasteiger partial charge is 0.460 e. The number of hydrogen-bond donors (Lipinski definition) is 2. The molecule has 1 aliphatic carbocycles. The van der Waals surface area contributed by atoms with Gasteiger partial charge in [0, 0.05) is 26.0 Å². The van der Waals surface area contributed by atoms with Crippen molar-refractivity contribution < 1.29 is 38.1 Å². The van der Waals surface area contributed by atoms with Gasteiger partial charge in [-0.05, 0) is 65.8 Å². The normalized spacial score (nSPS) is 29.6. The SMILES string of the molecule is CNCC(=O)CCCCCCCNC(=O)OC[C@H](CC(=O)OC1CC[C@]2(CO2)C(C2(C)O[C@@H]2CC=C(C)C)C1OC)C(C)C. The van der Waals surface area contributed by atoms with Gasteiger partial charge in [-0.25, -0.2) is 4.79 Å². The first-order valence-electron chi connectivity index (χ1n) is 16.7. The standard InChI is InChI=1S/C34H58N2O8/c1-23(2)14-15-28-33(5,44-28)31-30(40-7)27(16-17-34(31)22-42-34)43-29(38)19-25(24(3)4)21-41-32(39)36-18-12-10-8-9-11-13-26(37)20-35-6/h14,24-25,27-28,30-31,35H,8-13,15-22H2,1-7H3,(H,36,39)/t25-,27?,28+,30?,31?,33?,34-/m0/s1. The summed E-state index contributed by atoms with van der Waals surface area (Å²) in [4.78, 5) is 37.0. The van der Waals surface area contributed by atoms with Gasteiger partial charge >= 0.3 is 12.1 Å². The van der Waals surface area contributed by atoms with Crippen LogP contribution in [0.1, 0.15) is 98.8 Å². The number of ketones is 1. The number of alkyl carbamates (subject to hydrolysis) is 1. The van der Waals surface area contributed by atoms with Crippen LogP contribution in [0.5, 0.6) is 0 Å². The number of ether oxygens (including phenoxy) is 5. The summed E-state index contributed by atoms with van der Waals surface area (Å²) in [5.41, 5.74) is 0.604. The van der Waals surface area contributed by atoms with Gasteiger partial charge in [0.15, 0.2) is 0 Å². The molecule has 7 atom stereocenters.